The summed E-state index contributed by atoms with van der Waals surface area (Å²) in [4.78, 5) is 16.2. The molecule has 23 heavy (non-hydrogen) atoms. The van der Waals surface area contributed by atoms with Crippen molar-refractivity contribution < 1.29 is 14.3 Å². The maximum atomic E-state index is 12.2. The number of hydrogen-bond acceptors (Lipinski definition) is 5. The number of methoxy groups -OCH3 is 1. The molecule has 0 unspecified atom stereocenters. The second kappa shape index (κ2) is 8.28. The fourth-order valence-corrected chi connectivity index (χ4v) is 2.14. The van der Waals surface area contributed by atoms with Gasteiger partial charge in [0.25, 0.3) is 5.91 Å². The van der Waals surface area contributed by atoms with Gasteiger partial charge in [0, 0.05) is 37.2 Å². The van der Waals surface area contributed by atoms with E-state index in [2.05, 4.69) is 15.4 Å². The Kier molecular flexibility index (Phi) is 6.10. The van der Waals surface area contributed by atoms with E-state index < -0.39 is 0 Å². The van der Waals surface area contributed by atoms with Gasteiger partial charge in [0.05, 0.1) is 18.8 Å². The van der Waals surface area contributed by atoms with Gasteiger partial charge in [-0.15, -0.1) is 0 Å². The number of amides is 1. The van der Waals surface area contributed by atoms with Crippen LogP contribution in [0.15, 0.2) is 24.4 Å². The van der Waals surface area contributed by atoms with Gasteiger partial charge in [0.2, 0.25) is 5.88 Å². The van der Waals surface area contributed by atoms with Crippen LogP contribution in [0.1, 0.15) is 21.7 Å². The number of nitrogens with zero attached hydrogens (tertiary/aromatic N) is 3. The van der Waals surface area contributed by atoms with Gasteiger partial charge in [0.15, 0.2) is 0 Å². The summed E-state index contributed by atoms with van der Waals surface area (Å²) in [5.74, 6) is 0.249. The summed E-state index contributed by atoms with van der Waals surface area (Å²) < 4.78 is 12.2. The number of carbonyl (C=O) groups is 1. The third-order valence-electron chi connectivity index (χ3n) is 3.25. The molecule has 0 spiro atoms. The molecular formula is C16H22N4O3. The highest BCUT2D eigenvalue weighted by atomic mass is 16.5. The first-order valence-corrected chi connectivity index (χ1v) is 7.47. The molecule has 1 N–H and O–H groups in total. The Morgan fingerprint density at radius 3 is 2.83 bits per heavy atom. The summed E-state index contributed by atoms with van der Waals surface area (Å²) in [5.41, 5.74) is 2.57. The van der Waals surface area contributed by atoms with Crippen LogP contribution < -0.4 is 10.1 Å². The average Bonchev–Trinajstić information content (AvgIpc) is 2.85. The number of aromatic nitrogens is 3. The summed E-state index contributed by atoms with van der Waals surface area (Å²) in [6.45, 7) is 5.95. The monoisotopic (exact) mass is 318 g/mol. The van der Waals surface area contributed by atoms with Gasteiger partial charge in [-0.1, -0.05) is 0 Å². The van der Waals surface area contributed by atoms with Crippen LogP contribution in [0.4, 0.5) is 0 Å². The zero-order valence-corrected chi connectivity index (χ0v) is 13.7. The highest BCUT2D eigenvalue weighted by Crippen LogP contribution is 2.09. The molecule has 0 aliphatic carbocycles. The molecule has 124 valence electrons. The van der Waals surface area contributed by atoms with Gasteiger partial charge >= 0.3 is 0 Å². The molecule has 2 heterocycles. The van der Waals surface area contributed by atoms with E-state index in [0.717, 1.165) is 11.4 Å². The molecule has 0 saturated carbocycles. The molecule has 2 rings (SSSR count). The lowest BCUT2D eigenvalue weighted by atomic mass is 10.2. The number of carbonyl (C=O) groups excluding carboxylic acids is 1. The van der Waals surface area contributed by atoms with Gasteiger partial charge in [0.1, 0.15) is 6.61 Å². The predicted octanol–water partition coefficient (Wildman–Crippen LogP) is 1.35. The average molecular weight is 318 g/mol. The van der Waals surface area contributed by atoms with Gasteiger partial charge in [-0.25, -0.2) is 4.98 Å². The lowest BCUT2D eigenvalue weighted by Crippen LogP contribution is -2.27. The van der Waals surface area contributed by atoms with E-state index in [4.69, 9.17) is 9.47 Å². The first-order valence-electron chi connectivity index (χ1n) is 7.47. The molecule has 7 heteroatoms. The van der Waals surface area contributed by atoms with E-state index in [1.54, 1.807) is 25.4 Å². The van der Waals surface area contributed by atoms with E-state index in [9.17, 15) is 4.79 Å². The molecule has 0 aliphatic heterocycles. The molecule has 0 aliphatic rings. The minimum atomic E-state index is -0.162. The fourth-order valence-electron chi connectivity index (χ4n) is 2.14. The zero-order valence-electron chi connectivity index (χ0n) is 13.7. The Morgan fingerprint density at radius 2 is 2.13 bits per heavy atom. The van der Waals surface area contributed by atoms with Crippen LogP contribution in [-0.4, -0.2) is 47.5 Å². The molecule has 0 saturated heterocycles. The van der Waals surface area contributed by atoms with Gasteiger partial charge in [-0.2, -0.15) is 5.10 Å². The Balaban J connectivity index is 1.85. The van der Waals surface area contributed by atoms with E-state index in [-0.39, 0.29) is 5.91 Å². The molecule has 2 aromatic heterocycles. The van der Waals surface area contributed by atoms with Crippen LogP contribution in [0.2, 0.25) is 0 Å². The lowest BCUT2D eigenvalue weighted by molar-refractivity contribution is 0.0950. The summed E-state index contributed by atoms with van der Waals surface area (Å²) in [5, 5.41) is 7.23. The third kappa shape index (κ3) is 5.07. The first-order chi connectivity index (χ1) is 11.1. The number of aryl methyl sites for hydroxylation is 2. The van der Waals surface area contributed by atoms with Crippen molar-refractivity contribution in [1.82, 2.24) is 20.1 Å². The topological polar surface area (TPSA) is 78.3 Å². The summed E-state index contributed by atoms with van der Waals surface area (Å²) in [6.07, 6.45) is 1.55. The van der Waals surface area contributed by atoms with Crippen molar-refractivity contribution in [3.63, 3.8) is 0 Å². The maximum absolute atomic E-state index is 12.2. The molecule has 0 aromatic carbocycles. The number of hydrogen-bond donors (Lipinski definition) is 1. The Hall–Kier alpha value is -2.41. The highest BCUT2D eigenvalue weighted by Gasteiger charge is 2.08. The fraction of sp³-hybridized carbons (Fsp3) is 0.438. The Bertz CT molecular complexity index is 655. The van der Waals surface area contributed by atoms with Crippen molar-refractivity contribution in [2.24, 2.45) is 0 Å². The van der Waals surface area contributed by atoms with Gasteiger partial charge in [-0.3, -0.25) is 9.48 Å². The lowest BCUT2D eigenvalue weighted by Gasteiger charge is -2.08. The number of nitrogens with one attached hydrogen (secondary N) is 1. The van der Waals surface area contributed by atoms with E-state index in [1.807, 2.05) is 24.6 Å². The molecule has 0 bridgehead atoms. The molecule has 0 fully saturated rings. The summed E-state index contributed by atoms with van der Waals surface area (Å²) in [7, 11) is 1.60. The first kappa shape index (κ1) is 17.0. The molecular weight excluding hydrogens is 296 g/mol. The van der Waals surface area contributed by atoms with Crippen molar-refractivity contribution in [3.05, 3.63) is 41.3 Å². The maximum Gasteiger partial charge on any atom is 0.251 e. The standard InChI is InChI=1S/C16H22N4O3/c1-12-10-13(2)20(19-12)7-6-18-16(21)14-4-5-17-15(11-14)23-9-8-22-3/h4-5,10-11H,6-9H2,1-3H3,(H,18,21). The van der Waals surface area contributed by atoms with Crippen molar-refractivity contribution in [2.75, 3.05) is 26.9 Å². The molecule has 0 radical (unpaired) electrons. The van der Waals surface area contributed by atoms with Crippen molar-refractivity contribution in [1.29, 1.82) is 0 Å². The van der Waals surface area contributed by atoms with Crippen LogP contribution in [0, 0.1) is 13.8 Å². The molecule has 0 atom stereocenters. The van der Waals surface area contributed by atoms with Crippen LogP contribution in [-0.2, 0) is 11.3 Å². The molecule has 1 amide bonds. The highest BCUT2D eigenvalue weighted by molar-refractivity contribution is 5.94. The zero-order chi connectivity index (χ0) is 16.7. The van der Waals surface area contributed by atoms with E-state index in [0.29, 0.717) is 37.7 Å². The number of ether oxygens (including phenoxy) is 2. The van der Waals surface area contributed by atoms with Crippen molar-refractivity contribution in [2.45, 2.75) is 20.4 Å². The van der Waals surface area contributed by atoms with Crippen LogP contribution >= 0.6 is 0 Å². The Morgan fingerprint density at radius 1 is 1.30 bits per heavy atom. The minimum absolute atomic E-state index is 0.162. The van der Waals surface area contributed by atoms with Gasteiger partial charge < -0.3 is 14.8 Å². The molecule has 2 aromatic rings. The largest absolute Gasteiger partial charge is 0.475 e. The molecule has 7 nitrogen and oxygen atoms in total. The third-order valence-corrected chi connectivity index (χ3v) is 3.25. The van der Waals surface area contributed by atoms with Gasteiger partial charge in [-0.05, 0) is 26.0 Å². The number of pyridine rings is 1. The summed E-state index contributed by atoms with van der Waals surface area (Å²) >= 11 is 0. The van der Waals surface area contributed by atoms with Crippen LogP contribution in [0.5, 0.6) is 5.88 Å². The van der Waals surface area contributed by atoms with E-state index >= 15 is 0 Å². The van der Waals surface area contributed by atoms with Crippen molar-refractivity contribution >= 4 is 5.91 Å². The second-order valence-corrected chi connectivity index (χ2v) is 5.13. The second-order valence-electron chi connectivity index (χ2n) is 5.13. The predicted molar refractivity (Wildman–Crippen MR) is 85.6 cm³/mol. The van der Waals surface area contributed by atoms with Crippen LogP contribution in [0.3, 0.4) is 0 Å². The quantitative estimate of drug-likeness (QED) is 0.743. The summed E-state index contributed by atoms with van der Waals surface area (Å²) in [6, 6.07) is 5.28. The normalized spacial score (nSPS) is 10.6. The van der Waals surface area contributed by atoms with Crippen LogP contribution in [0.25, 0.3) is 0 Å². The van der Waals surface area contributed by atoms with Crippen molar-refractivity contribution in [3.8, 4) is 5.88 Å². The smallest absolute Gasteiger partial charge is 0.251 e. The SMILES string of the molecule is COCCOc1cc(C(=O)NCCn2nc(C)cc2C)ccn1. The Labute approximate surface area is 135 Å². The van der Waals surface area contributed by atoms with E-state index in [1.165, 1.54) is 0 Å². The number of rotatable bonds is 8. The minimum Gasteiger partial charge on any atom is -0.475 e.